The summed E-state index contributed by atoms with van der Waals surface area (Å²) in [5.41, 5.74) is 3.91. The highest BCUT2D eigenvalue weighted by Crippen LogP contribution is 2.57. The second-order valence-corrected chi connectivity index (χ2v) is 10.3. The zero-order chi connectivity index (χ0) is 20.6. The van der Waals surface area contributed by atoms with Crippen LogP contribution >= 0.6 is 24.0 Å². The molecule has 2 aromatic carbocycles. The Kier molecular flexibility index (Phi) is 3.86. The van der Waals surface area contributed by atoms with Crippen molar-refractivity contribution in [1.82, 2.24) is 5.32 Å². The number of para-hydroxylation sites is 1. The fraction of sp³-hybridized carbons (Fsp3) is 0.261. The van der Waals surface area contributed by atoms with Gasteiger partial charge >= 0.3 is 0 Å². The highest BCUT2D eigenvalue weighted by molar-refractivity contribution is 8.27. The van der Waals surface area contributed by atoms with Crippen molar-refractivity contribution in [3.63, 3.8) is 0 Å². The molecule has 5 rings (SSSR count). The van der Waals surface area contributed by atoms with Crippen LogP contribution in [0.2, 0.25) is 0 Å². The average Bonchev–Trinajstić information content (AvgIpc) is 3.16. The van der Waals surface area contributed by atoms with Crippen LogP contribution in [0.15, 0.2) is 53.4 Å². The van der Waals surface area contributed by atoms with E-state index >= 15 is 0 Å². The minimum Gasteiger partial charge on any atom is -0.307 e. The van der Waals surface area contributed by atoms with Crippen LogP contribution in [0.25, 0.3) is 5.57 Å². The van der Waals surface area contributed by atoms with E-state index in [2.05, 4.69) is 56.4 Å². The Morgan fingerprint density at radius 2 is 1.76 bits per heavy atom. The molecule has 2 aromatic rings. The number of carbonyl (C=O) groups excluding carboxylic acids is 2. The summed E-state index contributed by atoms with van der Waals surface area (Å²) < 4.78 is 0.393. The van der Waals surface area contributed by atoms with Crippen LogP contribution in [0.4, 0.5) is 5.69 Å². The van der Waals surface area contributed by atoms with E-state index < -0.39 is 5.54 Å². The van der Waals surface area contributed by atoms with Gasteiger partial charge in [0.2, 0.25) is 0 Å². The van der Waals surface area contributed by atoms with Gasteiger partial charge in [0.1, 0.15) is 4.32 Å². The summed E-state index contributed by atoms with van der Waals surface area (Å²) in [5, 5.41) is 2.65. The van der Waals surface area contributed by atoms with Crippen molar-refractivity contribution in [3.05, 3.63) is 70.1 Å². The lowest BCUT2D eigenvalue weighted by atomic mass is 9.65. The first-order valence-corrected chi connectivity index (χ1v) is 10.8. The van der Waals surface area contributed by atoms with Crippen LogP contribution in [-0.2, 0) is 15.0 Å². The topological polar surface area (TPSA) is 49.4 Å². The van der Waals surface area contributed by atoms with Gasteiger partial charge in [-0.25, -0.2) is 0 Å². The smallest absolute Gasteiger partial charge is 0.264 e. The molecule has 0 bridgehead atoms. The Hall–Kier alpha value is -2.44. The number of hydrogen-bond donors (Lipinski definition) is 1. The molecule has 0 aliphatic carbocycles. The van der Waals surface area contributed by atoms with E-state index in [0.29, 0.717) is 14.8 Å². The number of nitrogens with zero attached hydrogens (tertiary/aromatic N) is 1. The summed E-state index contributed by atoms with van der Waals surface area (Å²) >= 11 is 6.34. The highest BCUT2D eigenvalue weighted by atomic mass is 32.2. The maximum atomic E-state index is 13.6. The number of nitrogens with one attached hydrogen (secondary N) is 1. The maximum Gasteiger partial charge on any atom is 0.264 e. The second kappa shape index (κ2) is 6.03. The van der Waals surface area contributed by atoms with E-state index in [1.807, 2.05) is 23.1 Å². The standard InChI is InChI=1S/C23H20N2O2S2/c1-22(2)12-23(3,13-8-5-4-6-9-13)15-11-7-10-14-16(20(27)25(22)17(14)15)18-19(26)24-21(28)29-18/h4-11H,12H2,1-3H3,(H,24,26,28). The van der Waals surface area contributed by atoms with Gasteiger partial charge in [0.15, 0.2) is 0 Å². The molecule has 0 spiro atoms. The minimum absolute atomic E-state index is 0.116. The molecule has 0 radical (unpaired) electrons. The molecular formula is C23H20N2O2S2. The molecule has 1 unspecified atom stereocenters. The Balaban J connectivity index is 1.82. The second-order valence-electron chi connectivity index (χ2n) is 8.58. The Morgan fingerprint density at radius 1 is 1.03 bits per heavy atom. The number of carbonyl (C=O) groups is 2. The molecule has 0 aromatic heterocycles. The van der Waals surface area contributed by atoms with Crippen molar-refractivity contribution in [3.8, 4) is 0 Å². The number of thiocarbonyl (C=S) groups is 1. The van der Waals surface area contributed by atoms with Crippen molar-refractivity contribution in [2.24, 2.45) is 0 Å². The molecule has 4 nitrogen and oxygen atoms in total. The van der Waals surface area contributed by atoms with Gasteiger partial charge in [-0.1, -0.05) is 79.4 Å². The van der Waals surface area contributed by atoms with Gasteiger partial charge < -0.3 is 10.2 Å². The Morgan fingerprint density at radius 3 is 2.41 bits per heavy atom. The molecule has 1 atom stereocenters. The summed E-state index contributed by atoms with van der Waals surface area (Å²) in [6.45, 7) is 6.45. The van der Waals surface area contributed by atoms with Crippen molar-refractivity contribution in [2.45, 2.75) is 38.1 Å². The van der Waals surface area contributed by atoms with Gasteiger partial charge in [-0.15, -0.1) is 0 Å². The summed E-state index contributed by atoms with van der Waals surface area (Å²) in [7, 11) is 0. The molecule has 3 aliphatic rings. The lowest BCUT2D eigenvalue weighted by molar-refractivity contribution is -0.116. The molecule has 3 heterocycles. The fourth-order valence-electron chi connectivity index (χ4n) is 5.14. The van der Waals surface area contributed by atoms with Crippen molar-refractivity contribution in [1.29, 1.82) is 0 Å². The van der Waals surface area contributed by atoms with Crippen LogP contribution < -0.4 is 10.2 Å². The van der Waals surface area contributed by atoms with E-state index in [0.717, 1.165) is 23.2 Å². The molecule has 1 N–H and O–H groups in total. The van der Waals surface area contributed by atoms with Crippen LogP contribution in [0.3, 0.4) is 0 Å². The predicted octanol–water partition coefficient (Wildman–Crippen LogP) is 4.38. The van der Waals surface area contributed by atoms with Crippen molar-refractivity contribution >= 4 is 51.4 Å². The average molecular weight is 421 g/mol. The largest absolute Gasteiger partial charge is 0.307 e. The van der Waals surface area contributed by atoms with E-state index in [1.54, 1.807) is 0 Å². The minimum atomic E-state index is -0.409. The first kappa shape index (κ1) is 18.6. The third-order valence-electron chi connectivity index (χ3n) is 6.19. The lowest BCUT2D eigenvalue weighted by Gasteiger charge is -2.49. The number of anilines is 1. The van der Waals surface area contributed by atoms with Gasteiger partial charge in [0.25, 0.3) is 11.8 Å². The number of amides is 2. The molecular weight excluding hydrogens is 400 g/mol. The zero-order valence-electron chi connectivity index (χ0n) is 16.4. The quantitative estimate of drug-likeness (QED) is 0.549. The number of hydrogen-bond acceptors (Lipinski definition) is 4. The fourth-order valence-corrected chi connectivity index (χ4v) is 6.25. The molecule has 0 saturated carbocycles. The van der Waals surface area contributed by atoms with Crippen LogP contribution in [0, 0.1) is 0 Å². The van der Waals surface area contributed by atoms with Gasteiger partial charge in [-0.3, -0.25) is 9.59 Å². The third-order valence-corrected chi connectivity index (χ3v) is 7.42. The van der Waals surface area contributed by atoms with Crippen LogP contribution in [0.1, 0.15) is 43.9 Å². The SMILES string of the molecule is CC1(c2ccccc2)CC(C)(C)N2C(=O)C(=C3SC(=S)NC3=O)c3cccc1c32. The summed E-state index contributed by atoms with van der Waals surface area (Å²) in [5.74, 6) is -0.403. The summed E-state index contributed by atoms with van der Waals surface area (Å²) in [6.07, 6.45) is 0.784. The predicted molar refractivity (Wildman–Crippen MR) is 121 cm³/mol. The normalized spacial score (nSPS) is 27.3. The van der Waals surface area contributed by atoms with Gasteiger partial charge in [0, 0.05) is 16.5 Å². The first-order chi connectivity index (χ1) is 13.7. The first-order valence-electron chi connectivity index (χ1n) is 9.55. The monoisotopic (exact) mass is 420 g/mol. The summed E-state index contributed by atoms with van der Waals surface area (Å²) in [4.78, 5) is 28.4. The third kappa shape index (κ3) is 2.49. The van der Waals surface area contributed by atoms with Crippen molar-refractivity contribution < 1.29 is 9.59 Å². The van der Waals surface area contributed by atoms with Gasteiger partial charge in [0.05, 0.1) is 16.2 Å². The maximum absolute atomic E-state index is 13.6. The molecule has 1 fully saturated rings. The van der Waals surface area contributed by atoms with Gasteiger partial charge in [-0.05, 0) is 31.4 Å². The summed E-state index contributed by atoms with van der Waals surface area (Å²) in [6, 6.07) is 16.5. The van der Waals surface area contributed by atoms with Crippen LogP contribution in [-0.4, -0.2) is 21.7 Å². The molecule has 1 saturated heterocycles. The van der Waals surface area contributed by atoms with E-state index in [-0.39, 0.29) is 17.2 Å². The highest BCUT2D eigenvalue weighted by Gasteiger charge is 2.53. The molecule has 6 heteroatoms. The van der Waals surface area contributed by atoms with E-state index in [4.69, 9.17) is 12.2 Å². The molecule has 29 heavy (non-hydrogen) atoms. The van der Waals surface area contributed by atoms with Crippen LogP contribution in [0.5, 0.6) is 0 Å². The lowest BCUT2D eigenvalue weighted by Crippen LogP contribution is -2.54. The molecule has 3 aliphatic heterocycles. The van der Waals surface area contributed by atoms with Crippen molar-refractivity contribution in [2.75, 3.05) is 4.90 Å². The van der Waals surface area contributed by atoms with E-state index in [9.17, 15) is 9.59 Å². The number of rotatable bonds is 1. The Labute approximate surface area is 179 Å². The molecule has 2 amide bonds. The van der Waals surface area contributed by atoms with Gasteiger partial charge in [-0.2, -0.15) is 0 Å². The van der Waals surface area contributed by atoms with E-state index in [1.165, 1.54) is 17.3 Å². The molecule has 146 valence electrons. The number of thioether (sulfide) groups is 1. The Bertz CT molecular complexity index is 1140. The zero-order valence-corrected chi connectivity index (χ0v) is 18.0. The number of benzene rings is 2.